The highest BCUT2D eigenvalue weighted by atomic mass is 16.5. The first-order valence-electron chi connectivity index (χ1n) is 10.4. The predicted octanol–water partition coefficient (Wildman–Crippen LogP) is 3.61. The van der Waals surface area contributed by atoms with E-state index in [1.54, 1.807) is 22.8 Å². The molecule has 0 bridgehead atoms. The highest BCUT2D eigenvalue weighted by Crippen LogP contribution is 2.39. The number of aromatic hydroxyl groups is 2. The summed E-state index contributed by atoms with van der Waals surface area (Å²) >= 11 is 0. The zero-order chi connectivity index (χ0) is 22.1. The number of phenolic OH excluding ortho intramolecular Hbond substituents is 2. The van der Waals surface area contributed by atoms with Crippen LogP contribution in [0.5, 0.6) is 11.5 Å². The van der Waals surface area contributed by atoms with Gasteiger partial charge in [0, 0.05) is 36.1 Å². The van der Waals surface area contributed by atoms with Crippen LogP contribution < -0.4 is 10.6 Å². The van der Waals surface area contributed by atoms with E-state index in [0.29, 0.717) is 35.7 Å². The summed E-state index contributed by atoms with van der Waals surface area (Å²) in [6.45, 7) is 7.00. The normalized spacial score (nSPS) is 14.2. The molecule has 0 aliphatic carbocycles. The minimum Gasteiger partial charge on any atom is -0.508 e. The second kappa shape index (κ2) is 8.35. The zero-order valence-electron chi connectivity index (χ0n) is 17.7. The van der Waals surface area contributed by atoms with Crippen LogP contribution in [0.4, 0.5) is 5.69 Å². The predicted molar refractivity (Wildman–Crippen MR) is 120 cm³/mol. The van der Waals surface area contributed by atoms with Crippen LogP contribution in [0, 0.1) is 0 Å². The maximum Gasteiger partial charge on any atom is 0.265 e. The molecule has 1 aliphatic rings. The van der Waals surface area contributed by atoms with Gasteiger partial charge in [-0.15, -0.1) is 0 Å². The molecule has 7 heteroatoms. The van der Waals surface area contributed by atoms with E-state index in [0.717, 1.165) is 24.5 Å². The third-order valence-corrected chi connectivity index (χ3v) is 5.66. The summed E-state index contributed by atoms with van der Waals surface area (Å²) in [5, 5.41) is 20.8. The van der Waals surface area contributed by atoms with Gasteiger partial charge < -0.3 is 30.2 Å². The van der Waals surface area contributed by atoms with Gasteiger partial charge in [-0.05, 0) is 53.9 Å². The largest absolute Gasteiger partial charge is 0.508 e. The van der Waals surface area contributed by atoms with Gasteiger partial charge in [-0.1, -0.05) is 13.8 Å². The molecule has 0 radical (unpaired) electrons. The number of carbonyl (C=O) groups excluding carboxylic acids is 1. The molecule has 1 saturated heterocycles. The fraction of sp³-hybridized carbons (Fsp3) is 0.292. The molecule has 4 N–H and O–H groups in total. The summed E-state index contributed by atoms with van der Waals surface area (Å²) in [5.74, 6) is -0.529. The summed E-state index contributed by atoms with van der Waals surface area (Å²) in [5.41, 5.74) is 9.64. The quantitative estimate of drug-likeness (QED) is 0.584. The third-order valence-electron chi connectivity index (χ3n) is 5.66. The average molecular weight is 421 g/mol. The van der Waals surface area contributed by atoms with Gasteiger partial charge in [0.25, 0.3) is 5.91 Å². The lowest BCUT2D eigenvalue weighted by Crippen LogP contribution is -2.36. The molecule has 7 nitrogen and oxygen atoms in total. The second-order valence-electron chi connectivity index (χ2n) is 8.00. The van der Waals surface area contributed by atoms with Crippen molar-refractivity contribution in [3.05, 3.63) is 59.8 Å². The van der Waals surface area contributed by atoms with Crippen molar-refractivity contribution >= 4 is 11.6 Å². The van der Waals surface area contributed by atoms with Crippen molar-refractivity contribution in [3.8, 4) is 28.4 Å². The van der Waals surface area contributed by atoms with E-state index < -0.39 is 5.91 Å². The Morgan fingerprint density at radius 3 is 2.23 bits per heavy atom. The number of rotatable bonds is 5. The number of carbonyl (C=O) groups is 1. The fourth-order valence-corrected chi connectivity index (χ4v) is 4.01. The maximum atomic E-state index is 12.1. The molecule has 3 aromatic rings. The van der Waals surface area contributed by atoms with Gasteiger partial charge in [-0.2, -0.15) is 0 Å². The molecule has 31 heavy (non-hydrogen) atoms. The smallest absolute Gasteiger partial charge is 0.265 e. The van der Waals surface area contributed by atoms with Crippen molar-refractivity contribution < 1.29 is 19.7 Å². The van der Waals surface area contributed by atoms with Crippen LogP contribution in [0.3, 0.4) is 0 Å². The Bertz CT molecular complexity index is 1100. The molecule has 2 heterocycles. The van der Waals surface area contributed by atoms with Gasteiger partial charge >= 0.3 is 0 Å². The van der Waals surface area contributed by atoms with Crippen LogP contribution in [0.2, 0.25) is 0 Å². The summed E-state index contributed by atoms with van der Waals surface area (Å²) in [6, 6.07) is 14.4. The lowest BCUT2D eigenvalue weighted by molar-refractivity contribution is 0.0994. The second-order valence-corrected chi connectivity index (χ2v) is 8.00. The van der Waals surface area contributed by atoms with E-state index in [9.17, 15) is 15.0 Å². The Morgan fingerprint density at radius 2 is 1.61 bits per heavy atom. The van der Waals surface area contributed by atoms with Gasteiger partial charge in [0.2, 0.25) is 0 Å². The molecule has 162 valence electrons. The van der Waals surface area contributed by atoms with E-state index in [4.69, 9.17) is 10.5 Å². The van der Waals surface area contributed by atoms with Gasteiger partial charge in [-0.25, -0.2) is 0 Å². The molecular formula is C24H27N3O4. The molecule has 1 amide bonds. The Kier molecular flexibility index (Phi) is 5.61. The molecule has 0 atom stereocenters. The summed E-state index contributed by atoms with van der Waals surface area (Å²) in [7, 11) is 0. The number of hydrogen-bond acceptors (Lipinski definition) is 5. The van der Waals surface area contributed by atoms with Gasteiger partial charge in [-0.3, -0.25) is 4.79 Å². The third kappa shape index (κ3) is 3.96. The number of benzene rings is 2. The van der Waals surface area contributed by atoms with Gasteiger partial charge in [0.05, 0.1) is 18.9 Å². The standard InChI is InChI=1S/C24H27N3O4/c1-15(2)18-13-19(23(29)14-22(18)28)20-7-8-21(24(25)30)27(20)17-5-3-16(4-6-17)26-9-11-31-12-10-26/h3-8,13-15,28-29H,9-12H2,1-2H3,(H2,25,30). The lowest BCUT2D eigenvalue weighted by atomic mass is 9.97. The monoisotopic (exact) mass is 421 g/mol. The Labute approximate surface area is 181 Å². The van der Waals surface area contributed by atoms with Crippen molar-refractivity contribution in [1.82, 2.24) is 4.57 Å². The SMILES string of the molecule is CC(C)c1cc(-c2ccc(C(N)=O)n2-c2ccc(N3CCOCC3)cc2)c(O)cc1O. The van der Waals surface area contributed by atoms with Crippen LogP contribution >= 0.6 is 0 Å². The molecular weight excluding hydrogens is 394 g/mol. The van der Waals surface area contributed by atoms with Crippen molar-refractivity contribution in [2.24, 2.45) is 5.73 Å². The van der Waals surface area contributed by atoms with Crippen molar-refractivity contribution in [2.75, 3.05) is 31.2 Å². The van der Waals surface area contributed by atoms with Crippen molar-refractivity contribution in [1.29, 1.82) is 0 Å². The molecule has 1 aromatic heterocycles. The lowest BCUT2D eigenvalue weighted by Gasteiger charge is -2.29. The van der Waals surface area contributed by atoms with E-state index >= 15 is 0 Å². The first-order chi connectivity index (χ1) is 14.9. The molecule has 4 rings (SSSR count). The van der Waals surface area contributed by atoms with Crippen LogP contribution in [0.15, 0.2) is 48.5 Å². The molecule has 0 saturated carbocycles. The van der Waals surface area contributed by atoms with E-state index in [1.165, 1.54) is 6.07 Å². The molecule has 0 spiro atoms. The van der Waals surface area contributed by atoms with Crippen molar-refractivity contribution in [3.63, 3.8) is 0 Å². The van der Waals surface area contributed by atoms with E-state index in [-0.39, 0.29) is 17.4 Å². The summed E-state index contributed by atoms with van der Waals surface area (Å²) in [6.07, 6.45) is 0. The Morgan fingerprint density at radius 1 is 0.968 bits per heavy atom. The van der Waals surface area contributed by atoms with Crippen LogP contribution in [-0.2, 0) is 4.74 Å². The fourth-order valence-electron chi connectivity index (χ4n) is 4.01. The van der Waals surface area contributed by atoms with E-state index in [1.807, 2.05) is 38.1 Å². The van der Waals surface area contributed by atoms with E-state index in [2.05, 4.69) is 4.90 Å². The molecule has 1 fully saturated rings. The average Bonchev–Trinajstić information content (AvgIpc) is 3.19. The number of nitrogens with zero attached hydrogens (tertiary/aromatic N) is 2. The number of nitrogens with two attached hydrogens (primary N) is 1. The number of hydrogen-bond donors (Lipinski definition) is 3. The summed E-state index contributed by atoms with van der Waals surface area (Å²) < 4.78 is 7.16. The number of ether oxygens (including phenoxy) is 1. The number of primary amides is 1. The highest BCUT2D eigenvalue weighted by Gasteiger charge is 2.20. The van der Waals surface area contributed by atoms with Gasteiger partial charge in [0.15, 0.2) is 0 Å². The molecule has 2 aromatic carbocycles. The minimum atomic E-state index is -0.564. The van der Waals surface area contributed by atoms with Crippen LogP contribution in [-0.4, -0.2) is 47.0 Å². The number of phenols is 2. The number of anilines is 1. The van der Waals surface area contributed by atoms with Crippen molar-refractivity contribution in [2.45, 2.75) is 19.8 Å². The van der Waals surface area contributed by atoms with Gasteiger partial charge in [0.1, 0.15) is 17.2 Å². The first-order valence-corrected chi connectivity index (χ1v) is 10.4. The topological polar surface area (TPSA) is 101 Å². The first kappa shape index (κ1) is 20.8. The van der Waals surface area contributed by atoms with Crippen LogP contribution in [0.25, 0.3) is 16.9 Å². The zero-order valence-corrected chi connectivity index (χ0v) is 17.7. The molecule has 1 aliphatic heterocycles. The number of amides is 1. The van der Waals surface area contributed by atoms with Crippen LogP contribution in [0.1, 0.15) is 35.8 Å². The Balaban J connectivity index is 1.81. The maximum absolute atomic E-state index is 12.1. The highest BCUT2D eigenvalue weighted by molar-refractivity contribution is 5.94. The minimum absolute atomic E-state index is 0.0411. The molecule has 0 unspecified atom stereocenters. The Hall–Kier alpha value is -3.45. The number of morpholine rings is 1. The number of aromatic nitrogens is 1. The summed E-state index contributed by atoms with van der Waals surface area (Å²) in [4.78, 5) is 14.4.